The molecule has 1 aliphatic rings. The summed E-state index contributed by atoms with van der Waals surface area (Å²) in [6.45, 7) is 0.203. The molecule has 11 nitrogen and oxygen atoms in total. The first-order valence-electron chi connectivity index (χ1n) is 8.25. The van der Waals surface area contributed by atoms with Crippen molar-refractivity contribution >= 4 is 28.6 Å². The van der Waals surface area contributed by atoms with Crippen LogP contribution >= 0.6 is 0 Å². The summed E-state index contributed by atoms with van der Waals surface area (Å²) in [5, 5.41) is 9.85. The lowest BCUT2D eigenvalue weighted by Gasteiger charge is -2.19. The van der Waals surface area contributed by atoms with E-state index in [1.807, 2.05) is 6.07 Å². The maximum absolute atomic E-state index is 11.4. The molecule has 1 amide bonds. The summed E-state index contributed by atoms with van der Waals surface area (Å²) in [5.74, 6) is 1.65. The molecule has 0 unspecified atom stereocenters. The van der Waals surface area contributed by atoms with Gasteiger partial charge in [0.15, 0.2) is 17.3 Å². The molecular formula is C16H13N9O2. The first-order valence-corrected chi connectivity index (χ1v) is 8.25. The number of nitrogens with one attached hydrogen (secondary N) is 3. The zero-order chi connectivity index (χ0) is 18.2. The molecule has 4 aromatic heterocycles. The minimum Gasteiger partial charge on any atom is -0.372 e. The molecule has 0 fully saturated rings. The van der Waals surface area contributed by atoms with Crippen molar-refractivity contribution in [1.29, 1.82) is 0 Å². The van der Waals surface area contributed by atoms with Crippen LogP contribution in [-0.4, -0.2) is 47.5 Å². The van der Waals surface area contributed by atoms with E-state index in [1.165, 1.54) is 12.7 Å². The molecule has 1 aliphatic heterocycles. The first kappa shape index (κ1) is 15.4. The van der Waals surface area contributed by atoms with Crippen LogP contribution in [0.2, 0.25) is 0 Å². The fourth-order valence-corrected chi connectivity index (χ4v) is 2.90. The van der Waals surface area contributed by atoms with Gasteiger partial charge in [-0.1, -0.05) is 5.16 Å². The Bertz CT molecular complexity index is 1120. The molecule has 0 saturated heterocycles. The fourth-order valence-electron chi connectivity index (χ4n) is 2.90. The molecule has 0 bridgehead atoms. The molecule has 5 rings (SSSR count). The van der Waals surface area contributed by atoms with Crippen molar-refractivity contribution in [2.45, 2.75) is 12.8 Å². The summed E-state index contributed by atoms with van der Waals surface area (Å²) < 4.78 is 5.42. The summed E-state index contributed by atoms with van der Waals surface area (Å²) in [7, 11) is 0. The molecule has 0 aromatic carbocycles. The van der Waals surface area contributed by atoms with Crippen molar-refractivity contribution in [3.05, 3.63) is 36.4 Å². The molecule has 0 radical (unpaired) electrons. The second-order valence-electron chi connectivity index (χ2n) is 5.97. The van der Waals surface area contributed by atoms with Crippen molar-refractivity contribution in [2.75, 3.05) is 17.2 Å². The van der Waals surface area contributed by atoms with Crippen LogP contribution in [-0.2, 0) is 17.6 Å². The highest BCUT2D eigenvalue weighted by Crippen LogP contribution is 2.26. The summed E-state index contributed by atoms with van der Waals surface area (Å²) in [5.41, 5.74) is 3.45. The minimum atomic E-state index is -0.123. The van der Waals surface area contributed by atoms with Crippen LogP contribution in [0.25, 0.3) is 22.7 Å². The Morgan fingerprint density at radius 1 is 1.15 bits per heavy atom. The number of aryl methyl sites for hydroxylation is 2. The first-order chi connectivity index (χ1) is 13.3. The highest BCUT2D eigenvalue weighted by atomic mass is 16.5. The van der Waals surface area contributed by atoms with Gasteiger partial charge in [0.2, 0.25) is 5.91 Å². The standard InChI is InChI=1S/C16H13N9O2/c26-12-5-18-13-9(19-7-21-16(13)23-12)2-1-8-3-10(25-27-8)15-22-11-4-17-6-20-14(11)24-15/h3-4,6-7,18H,1-2,5H2,(H,17,20,22,24)(H,19,21,23,26). The van der Waals surface area contributed by atoms with Gasteiger partial charge in [0.05, 0.1) is 24.1 Å². The summed E-state index contributed by atoms with van der Waals surface area (Å²) in [4.78, 5) is 35.4. The van der Waals surface area contributed by atoms with Gasteiger partial charge in [0.25, 0.3) is 0 Å². The van der Waals surface area contributed by atoms with Gasteiger partial charge in [-0.05, 0) is 6.42 Å². The highest BCUT2D eigenvalue weighted by molar-refractivity contribution is 5.99. The number of rotatable bonds is 4. The highest BCUT2D eigenvalue weighted by Gasteiger charge is 2.19. The lowest BCUT2D eigenvalue weighted by atomic mass is 10.1. The van der Waals surface area contributed by atoms with Crippen molar-refractivity contribution in [3.8, 4) is 11.5 Å². The van der Waals surface area contributed by atoms with Gasteiger partial charge in [0.1, 0.15) is 29.6 Å². The average Bonchev–Trinajstić information content (AvgIpc) is 3.32. The molecule has 3 N–H and O–H groups in total. The van der Waals surface area contributed by atoms with Gasteiger partial charge in [-0.2, -0.15) is 0 Å². The zero-order valence-electron chi connectivity index (χ0n) is 13.9. The Morgan fingerprint density at radius 3 is 3.04 bits per heavy atom. The lowest BCUT2D eigenvalue weighted by molar-refractivity contribution is -0.114. The van der Waals surface area contributed by atoms with E-state index in [2.05, 4.69) is 45.7 Å². The number of nitrogens with zero attached hydrogens (tertiary/aromatic N) is 6. The van der Waals surface area contributed by atoms with E-state index < -0.39 is 0 Å². The third-order valence-electron chi connectivity index (χ3n) is 4.18. The van der Waals surface area contributed by atoms with Crippen LogP contribution in [0.4, 0.5) is 11.5 Å². The maximum atomic E-state index is 11.4. The fraction of sp³-hybridized carbons (Fsp3) is 0.188. The van der Waals surface area contributed by atoms with Gasteiger partial charge in [-0.15, -0.1) is 0 Å². The SMILES string of the molecule is O=C1CNc2c(CCc3cc(-c4nc5cncnc5[nH]4)no3)ncnc2N1. The topological polar surface area (TPSA) is 147 Å². The van der Waals surface area contributed by atoms with E-state index in [1.54, 1.807) is 6.20 Å². The number of amides is 1. The summed E-state index contributed by atoms with van der Waals surface area (Å²) in [6, 6.07) is 1.83. The molecule has 0 saturated carbocycles. The van der Waals surface area contributed by atoms with E-state index in [0.717, 1.165) is 11.4 Å². The number of carbonyl (C=O) groups excluding carboxylic acids is 1. The Kier molecular flexibility index (Phi) is 3.49. The normalized spacial score (nSPS) is 13.3. The molecule has 0 aliphatic carbocycles. The molecule has 11 heteroatoms. The molecule has 4 aromatic rings. The quantitative estimate of drug-likeness (QED) is 0.482. The number of fused-ring (bicyclic) bond motifs is 2. The van der Waals surface area contributed by atoms with Gasteiger partial charge in [-0.3, -0.25) is 4.79 Å². The lowest BCUT2D eigenvalue weighted by Crippen LogP contribution is -2.29. The number of imidazole rings is 1. The second kappa shape index (κ2) is 6.12. The van der Waals surface area contributed by atoms with Crippen molar-refractivity contribution in [3.63, 3.8) is 0 Å². The van der Waals surface area contributed by atoms with E-state index in [4.69, 9.17) is 4.52 Å². The number of hydrogen-bond donors (Lipinski definition) is 3. The van der Waals surface area contributed by atoms with Crippen LogP contribution in [0.15, 0.2) is 29.4 Å². The van der Waals surface area contributed by atoms with Crippen LogP contribution in [0, 0.1) is 0 Å². The molecule has 0 spiro atoms. The van der Waals surface area contributed by atoms with Crippen LogP contribution in [0.3, 0.4) is 0 Å². The van der Waals surface area contributed by atoms with E-state index in [9.17, 15) is 4.79 Å². The number of anilines is 2. The van der Waals surface area contributed by atoms with E-state index in [0.29, 0.717) is 47.1 Å². The summed E-state index contributed by atoms with van der Waals surface area (Å²) in [6.07, 6.45) is 5.72. The van der Waals surface area contributed by atoms with Gasteiger partial charge >= 0.3 is 0 Å². The largest absolute Gasteiger partial charge is 0.372 e. The Morgan fingerprint density at radius 2 is 2.11 bits per heavy atom. The van der Waals surface area contributed by atoms with Crippen LogP contribution < -0.4 is 10.6 Å². The smallest absolute Gasteiger partial charge is 0.244 e. The van der Waals surface area contributed by atoms with Crippen molar-refractivity contribution in [1.82, 2.24) is 35.1 Å². The Balaban J connectivity index is 1.34. The number of aromatic nitrogens is 7. The predicted molar refractivity (Wildman–Crippen MR) is 93.7 cm³/mol. The predicted octanol–water partition coefficient (Wildman–Crippen LogP) is 0.947. The second-order valence-corrected chi connectivity index (χ2v) is 5.97. The van der Waals surface area contributed by atoms with Gasteiger partial charge in [-0.25, -0.2) is 24.9 Å². The molecule has 5 heterocycles. The Labute approximate surface area is 151 Å². The maximum Gasteiger partial charge on any atom is 0.244 e. The Hall–Kier alpha value is -3.89. The van der Waals surface area contributed by atoms with Crippen LogP contribution in [0.1, 0.15) is 11.5 Å². The third kappa shape index (κ3) is 2.84. The van der Waals surface area contributed by atoms with E-state index in [-0.39, 0.29) is 12.5 Å². The van der Waals surface area contributed by atoms with Gasteiger partial charge < -0.3 is 20.1 Å². The van der Waals surface area contributed by atoms with Crippen molar-refractivity contribution < 1.29 is 9.32 Å². The number of H-pyrrole nitrogens is 1. The molecule has 27 heavy (non-hydrogen) atoms. The van der Waals surface area contributed by atoms with Crippen molar-refractivity contribution in [2.24, 2.45) is 0 Å². The third-order valence-corrected chi connectivity index (χ3v) is 4.18. The van der Waals surface area contributed by atoms with E-state index >= 15 is 0 Å². The zero-order valence-corrected chi connectivity index (χ0v) is 13.9. The molecule has 0 atom stereocenters. The summed E-state index contributed by atoms with van der Waals surface area (Å²) >= 11 is 0. The molecular weight excluding hydrogens is 350 g/mol. The van der Waals surface area contributed by atoms with Gasteiger partial charge in [0, 0.05) is 12.5 Å². The molecule has 134 valence electrons. The monoisotopic (exact) mass is 363 g/mol. The average molecular weight is 363 g/mol. The number of aromatic amines is 1. The minimum absolute atomic E-state index is 0.123. The number of hydrogen-bond acceptors (Lipinski definition) is 9. The van der Waals surface area contributed by atoms with Crippen LogP contribution in [0.5, 0.6) is 0 Å². The number of carbonyl (C=O) groups is 1.